The Morgan fingerprint density at radius 1 is 1.17 bits per heavy atom. The average Bonchev–Trinajstić information content (AvgIpc) is 3.22. The number of methoxy groups -OCH3 is 1. The molecule has 3 fully saturated rings. The molecular weight excluding hydrogens is 330 g/mol. The highest BCUT2D eigenvalue weighted by Gasteiger charge is 2.47. The van der Waals surface area contributed by atoms with E-state index in [1.807, 2.05) is 0 Å². The summed E-state index contributed by atoms with van der Waals surface area (Å²) in [5.74, 6) is 0.679. The van der Waals surface area contributed by atoms with Crippen LogP contribution in [0, 0.1) is 0 Å². The van der Waals surface area contributed by atoms with Crippen molar-refractivity contribution in [3.63, 3.8) is 0 Å². The van der Waals surface area contributed by atoms with Gasteiger partial charge in [0.25, 0.3) is 5.91 Å². The lowest BCUT2D eigenvalue weighted by molar-refractivity contribution is -0.125. The monoisotopic (exact) mass is 351 g/mol. The SMILES string of the molecule is COCc1nsc(N2CCC(N3CC(=O)N(C4CC4)C3=O)CC2)n1. The predicted octanol–water partition coefficient (Wildman–Crippen LogP) is 1.08. The highest BCUT2D eigenvalue weighted by atomic mass is 32.1. The van der Waals surface area contributed by atoms with Crippen molar-refractivity contribution in [3.8, 4) is 0 Å². The molecule has 24 heavy (non-hydrogen) atoms. The zero-order valence-electron chi connectivity index (χ0n) is 13.7. The minimum Gasteiger partial charge on any atom is -0.377 e. The Hall–Kier alpha value is -1.74. The number of nitrogens with zero attached hydrogens (tertiary/aromatic N) is 5. The fourth-order valence-electron chi connectivity index (χ4n) is 3.44. The second-order valence-electron chi connectivity index (χ2n) is 6.55. The molecule has 0 aromatic carbocycles. The standard InChI is InChI=1S/C15H21N5O3S/c1-23-9-12-16-14(24-17-12)18-6-4-10(5-7-18)19-8-13(21)20(15(19)22)11-2-3-11/h10-11H,2-9H2,1H3. The van der Waals surface area contributed by atoms with Crippen LogP contribution < -0.4 is 4.90 Å². The van der Waals surface area contributed by atoms with Crippen LogP contribution in [0.4, 0.5) is 9.93 Å². The van der Waals surface area contributed by atoms with Gasteiger partial charge in [-0.25, -0.2) is 9.78 Å². The Morgan fingerprint density at radius 2 is 1.92 bits per heavy atom. The summed E-state index contributed by atoms with van der Waals surface area (Å²) in [6.45, 7) is 2.33. The molecule has 3 heterocycles. The highest BCUT2D eigenvalue weighted by molar-refractivity contribution is 7.09. The minimum absolute atomic E-state index is 0.0294. The van der Waals surface area contributed by atoms with Crippen molar-refractivity contribution in [2.45, 2.75) is 44.4 Å². The van der Waals surface area contributed by atoms with Crippen molar-refractivity contribution in [1.82, 2.24) is 19.2 Å². The molecule has 0 N–H and O–H groups in total. The molecule has 3 aliphatic rings. The number of rotatable bonds is 5. The van der Waals surface area contributed by atoms with E-state index in [4.69, 9.17) is 4.74 Å². The third-order valence-corrected chi connectivity index (χ3v) is 5.66. The third-order valence-electron chi connectivity index (χ3n) is 4.84. The number of anilines is 1. The van der Waals surface area contributed by atoms with E-state index < -0.39 is 0 Å². The second kappa shape index (κ2) is 6.29. The van der Waals surface area contributed by atoms with Gasteiger partial charge < -0.3 is 14.5 Å². The smallest absolute Gasteiger partial charge is 0.327 e. The number of imide groups is 1. The van der Waals surface area contributed by atoms with Crippen molar-refractivity contribution in [2.75, 3.05) is 31.6 Å². The zero-order chi connectivity index (χ0) is 16.7. The van der Waals surface area contributed by atoms with Gasteiger partial charge in [0.2, 0.25) is 5.13 Å². The van der Waals surface area contributed by atoms with E-state index in [0.717, 1.165) is 43.9 Å². The van der Waals surface area contributed by atoms with E-state index in [9.17, 15) is 9.59 Å². The van der Waals surface area contributed by atoms with E-state index in [2.05, 4.69) is 14.3 Å². The molecule has 3 amide bonds. The number of carbonyl (C=O) groups is 2. The topological polar surface area (TPSA) is 78.9 Å². The van der Waals surface area contributed by atoms with Gasteiger partial charge >= 0.3 is 6.03 Å². The molecule has 8 nitrogen and oxygen atoms in total. The lowest BCUT2D eigenvalue weighted by atomic mass is 10.0. The summed E-state index contributed by atoms with van der Waals surface area (Å²) in [4.78, 5) is 34.5. The summed E-state index contributed by atoms with van der Waals surface area (Å²) >= 11 is 1.38. The first kappa shape index (κ1) is 15.8. The quantitative estimate of drug-likeness (QED) is 0.739. The molecule has 2 saturated heterocycles. The molecular formula is C15H21N5O3S. The van der Waals surface area contributed by atoms with Crippen molar-refractivity contribution in [2.24, 2.45) is 0 Å². The Morgan fingerprint density at radius 3 is 2.58 bits per heavy atom. The van der Waals surface area contributed by atoms with E-state index in [0.29, 0.717) is 12.4 Å². The van der Waals surface area contributed by atoms with Crippen LogP contribution in [0.5, 0.6) is 0 Å². The maximum atomic E-state index is 12.5. The molecule has 1 aromatic rings. The number of hydrogen-bond donors (Lipinski definition) is 0. The van der Waals surface area contributed by atoms with Gasteiger partial charge in [0.1, 0.15) is 13.2 Å². The van der Waals surface area contributed by atoms with Gasteiger partial charge in [-0.2, -0.15) is 4.37 Å². The number of amides is 3. The summed E-state index contributed by atoms with van der Waals surface area (Å²) in [6.07, 6.45) is 3.64. The summed E-state index contributed by atoms with van der Waals surface area (Å²) in [6, 6.07) is 0.225. The number of hydrogen-bond acceptors (Lipinski definition) is 7. The first-order valence-corrected chi connectivity index (χ1v) is 9.14. The van der Waals surface area contributed by atoms with Crippen LogP contribution in [-0.4, -0.2) is 69.9 Å². The van der Waals surface area contributed by atoms with Gasteiger partial charge in [-0.1, -0.05) is 0 Å². The molecule has 130 valence electrons. The predicted molar refractivity (Wildman–Crippen MR) is 87.8 cm³/mol. The van der Waals surface area contributed by atoms with Gasteiger partial charge in [-0.05, 0) is 25.7 Å². The van der Waals surface area contributed by atoms with Gasteiger partial charge in [0.05, 0.1) is 0 Å². The summed E-state index contributed by atoms with van der Waals surface area (Å²) in [5, 5.41) is 0.906. The van der Waals surface area contributed by atoms with Crippen molar-refractivity contribution in [3.05, 3.63) is 5.82 Å². The fraction of sp³-hybridized carbons (Fsp3) is 0.733. The number of carbonyl (C=O) groups excluding carboxylic acids is 2. The van der Waals surface area contributed by atoms with Crippen LogP contribution in [0.3, 0.4) is 0 Å². The lowest BCUT2D eigenvalue weighted by Crippen LogP contribution is -2.46. The molecule has 0 radical (unpaired) electrons. The molecule has 0 spiro atoms. The summed E-state index contributed by atoms with van der Waals surface area (Å²) in [5.41, 5.74) is 0. The Bertz CT molecular complexity index is 639. The van der Waals surface area contributed by atoms with Crippen LogP contribution in [0.2, 0.25) is 0 Å². The molecule has 1 aliphatic carbocycles. The Balaban J connectivity index is 1.35. The van der Waals surface area contributed by atoms with E-state index in [1.165, 1.54) is 16.4 Å². The van der Waals surface area contributed by atoms with Crippen LogP contribution in [0.25, 0.3) is 0 Å². The third kappa shape index (κ3) is 2.86. The van der Waals surface area contributed by atoms with Crippen molar-refractivity contribution < 1.29 is 14.3 Å². The number of ether oxygens (including phenoxy) is 1. The number of aromatic nitrogens is 2. The molecule has 0 unspecified atom stereocenters. The van der Waals surface area contributed by atoms with Gasteiger partial charge in [0.15, 0.2) is 5.82 Å². The average molecular weight is 351 g/mol. The molecule has 2 aliphatic heterocycles. The normalized spacial score (nSPS) is 22.8. The first-order chi connectivity index (χ1) is 11.7. The first-order valence-electron chi connectivity index (χ1n) is 8.36. The van der Waals surface area contributed by atoms with E-state index in [1.54, 1.807) is 12.0 Å². The largest absolute Gasteiger partial charge is 0.377 e. The van der Waals surface area contributed by atoms with E-state index in [-0.39, 0.29) is 30.6 Å². The van der Waals surface area contributed by atoms with Crippen LogP contribution in [0.1, 0.15) is 31.5 Å². The summed E-state index contributed by atoms with van der Waals surface area (Å²) in [7, 11) is 1.63. The molecule has 0 atom stereocenters. The van der Waals surface area contributed by atoms with Crippen LogP contribution in [-0.2, 0) is 16.1 Å². The van der Waals surface area contributed by atoms with E-state index >= 15 is 0 Å². The number of piperidine rings is 1. The van der Waals surface area contributed by atoms with Crippen molar-refractivity contribution in [1.29, 1.82) is 0 Å². The molecule has 0 bridgehead atoms. The maximum Gasteiger partial charge on any atom is 0.327 e. The maximum absolute atomic E-state index is 12.5. The number of urea groups is 1. The lowest BCUT2D eigenvalue weighted by Gasteiger charge is -2.35. The highest BCUT2D eigenvalue weighted by Crippen LogP contribution is 2.33. The van der Waals surface area contributed by atoms with Crippen LogP contribution >= 0.6 is 11.5 Å². The summed E-state index contributed by atoms with van der Waals surface area (Å²) < 4.78 is 9.34. The molecule has 4 rings (SSSR count). The van der Waals surface area contributed by atoms with Gasteiger partial charge in [-0.3, -0.25) is 9.69 Å². The second-order valence-corrected chi connectivity index (χ2v) is 7.28. The molecule has 1 saturated carbocycles. The Labute approximate surface area is 144 Å². The van der Waals surface area contributed by atoms with Crippen LogP contribution in [0.15, 0.2) is 0 Å². The minimum atomic E-state index is -0.0840. The fourth-order valence-corrected chi connectivity index (χ4v) is 4.17. The zero-order valence-corrected chi connectivity index (χ0v) is 14.5. The Kier molecular flexibility index (Phi) is 4.13. The molecule has 1 aromatic heterocycles. The van der Waals surface area contributed by atoms with Crippen molar-refractivity contribution >= 4 is 28.6 Å². The van der Waals surface area contributed by atoms with Gasteiger partial charge in [-0.15, -0.1) is 0 Å². The van der Waals surface area contributed by atoms with Gasteiger partial charge in [0, 0.05) is 43.8 Å². The molecule has 9 heteroatoms.